The molecule has 0 saturated heterocycles. The minimum atomic E-state index is -4.11. The van der Waals surface area contributed by atoms with Gasteiger partial charge >= 0.3 is 0 Å². The van der Waals surface area contributed by atoms with Gasteiger partial charge < -0.3 is 10.2 Å². The third-order valence-electron chi connectivity index (χ3n) is 7.30. The zero-order valence-corrected chi connectivity index (χ0v) is 24.3. The molecule has 0 radical (unpaired) electrons. The molecule has 0 aromatic heterocycles. The van der Waals surface area contributed by atoms with Gasteiger partial charge in [-0.1, -0.05) is 79.9 Å². The molecule has 1 aliphatic rings. The van der Waals surface area contributed by atoms with Gasteiger partial charge in [-0.15, -0.1) is 0 Å². The molecule has 0 heterocycles. The Morgan fingerprint density at radius 1 is 0.925 bits per heavy atom. The summed E-state index contributed by atoms with van der Waals surface area (Å²) in [7, 11) is -4.11. The molecule has 9 heteroatoms. The monoisotopic (exact) mass is 581 g/mol. The Bertz CT molecular complexity index is 1360. The third kappa shape index (κ3) is 7.43. The second kappa shape index (κ2) is 13.8. The predicted octanol–water partition coefficient (Wildman–Crippen LogP) is 5.44. The molecular formula is C31H36ClN3O4S. The lowest BCUT2D eigenvalue weighted by molar-refractivity contribution is -0.139. The zero-order chi connectivity index (χ0) is 28.5. The number of nitrogens with one attached hydrogen (secondary N) is 1. The van der Waals surface area contributed by atoms with Crippen molar-refractivity contribution in [2.24, 2.45) is 0 Å². The normalized spacial score (nSPS) is 14.4. The standard InChI is InChI=1S/C31H36ClN3O4S/c1-2-29(31(37)33-26-13-9-10-14-26)34(22-21-24-11-5-3-6-12-24)30(36)23-35(27-15-7-4-8-16-27)40(38,39)28-19-17-25(32)18-20-28/h3-8,11-12,15-20,26,29H,2,9-10,13-14,21-23H2,1H3,(H,33,37). The highest BCUT2D eigenvalue weighted by Gasteiger charge is 2.34. The van der Waals surface area contributed by atoms with Gasteiger partial charge in [-0.05, 0) is 67.6 Å². The maximum atomic E-state index is 14.0. The van der Waals surface area contributed by atoms with E-state index < -0.39 is 28.5 Å². The van der Waals surface area contributed by atoms with Gasteiger partial charge in [0.1, 0.15) is 12.6 Å². The SMILES string of the molecule is CCC(C(=O)NC1CCCC1)N(CCc1ccccc1)C(=O)CN(c1ccccc1)S(=O)(=O)c1ccc(Cl)cc1. The topological polar surface area (TPSA) is 86.8 Å². The first kappa shape index (κ1) is 29.6. The van der Waals surface area contributed by atoms with Crippen LogP contribution in [0.2, 0.25) is 5.02 Å². The molecular weight excluding hydrogens is 546 g/mol. The van der Waals surface area contributed by atoms with E-state index in [1.54, 1.807) is 35.2 Å². The van der Waals surface area contributed by atoms with Crippen molar-refractivity contribution in [2.75, 3.05) is 17.4 Å². The number of rotatable bonds is 12. The fourth-order valence-electron chi connectivity index (χ4n) is 5.12. The van der Waals surface area contributed by atoms with Crippen LogP contribution < -0.4 is 9.62 Å². The summed E-state index contributed by atoms with van der Waals surface area (Å²) >= 11 is 6.00. The molecule has 0 spiro atoms. The summed E-state index contributed by atoms with van der Waals surface area (Å²) in [5.74, 6) is -0.631. The van der Waals surface area contributed by atoms with Crippen LogP contribution in [0.3, 0.4) is 0 Å². The maximum absolute atomic E-state index is 14.0. The van der Waals surface area contributed by atoms with Crippen LogP contribution in [0, 0.1) is 0 Å². The first-order valence-corrected chi connectivity index (χ1v) is 15.6. The van der Waals surface area contributed by atoms with Gasteiger partial charge in [-0.2, -0.15) is 0 Å². The number of hydrogen-bond donors (Lipinski definition) is 1. The molecule has 3 aromatic rings. The van der Waals surface area contributed by atoms with Crippen LogP contribution in [0.25, 0.3) is 0 Å². The number of halogens is 1. The van der Waals surface area contributed by atoms with Crippen LogP contribution in [0.1, 0.15) is 44.6 Å². The number of carbonyl (C=O) groups is 2. The number of para-hydroxylation sites is 1. The molecule has 1 unspecified atom stereocenters. The quantitative estimate of drug-likeness (QED) is 0.308. The van der Waals surface area contributed by atoms with Crippen molar-refractivity contribution in [3.8, 4) is 0 Å². The zero-order valence-electron chi connectivity index (χ0n) is 22.7. The van der Waals surface area contributed by atoms with Crippen LogP contribution in [0.4, 0.5) is 5.69 Å². The molecule has 3 aromatic carbocycles. The van der Waals surface area contributed by atoms with Crippen LogP contribution in [-0.4, -0.2) is 50.3 Å². The highest BCUT2D eigenvalue weighted by Crippen LogP contribution is 2.25. The molecule has 212 valence electrons. The molecule has 40 heavy (non-hydrogen) atoms. The van der Waals surface area contributed by atoms with E-state index in [4.69, 9.17) is 11.6 Å². The third-order valence-corrected chi connectivity index (χ3v) is 9.34. The Morgan fingerprint density at radius 2 is 1.52 bits per heavy atom. The molecule has 2 amide bonds. The first-order valence-electron chi connectivity index (χ1n) is 13.8. The number of sulfonamides is 1. The predicted molar refractivity (Wildman–Crippen MR) is 159 cm³/mol. The molecule has 0 bridgehead atoms. The second-order valence-corrected chi connectivity index (χ2v) is 12.3. The Hall–Kier alpha value is -3.36. The van der Waals surface area contributed by atoms with Crippen LogP contribution in [-0.2, 0) is 26.0 Å². The van der Waals surface area contributed by atoms with Gasteiger partial charge in [-0.25, -0.2) is 8.42 Å². The van der Waals surface area contributed by atoms with Crippen molar-refractivity contribution in [3.05, 3.63) is 95.5 Å². The van der Waals surface area contributed by atoms with E-state index >= 15 is 0 Å². The number of hydrogen-bond acceptors (Lipinski definition) is 4. The largest absolute Gasteiger partial charge is 0.352 e. The smallest absolute Gasteiger partial charge is 0.264 e. The lowest BCUT2D eigenvalue weighted by Crippen LogP contribution is -2.54. The molecule has 7 nitrogen and oxygen atoms in total. The Morgan fingerprint density at radius 3 is 2.12 bits per heavy atom. The van der Waals surface area contributed by atoms with E-state index in [0.29, 0.717) is 23.6 Å². The molecule has 1 saturated carbocycles. The van der Waals surface area contributed by atoms with Crippen molar-refractivity contribution >= 4 is 39.1 Å². The van der Waals surface area contributed by atoms with Gasteiger partial charge in [0.25, 0.3) is 10.0 Å². The van der Waals surface area contributed by atoms with Gasteiger partial charge in [0.2, 0.25) is 11.8 Å². The Balaban J connectivity index is 1.65. The van der Waals surface area contributed by atoms with E-state index in [-0.39, 0.29) is 23.4 Å². The average Bonchev–Trinajstić information content (AvgIpc) is 3.48. The van der Waals surface area contributed by atoms with Crippen molar-refractivity contribution in [3.63, 3.8) is 0 Å². The van der Waals surface area contributed by atoms with Crippen molar-refractivity contribution in [1.82, 2.24) is 10.2 Å². The van der Waals surface area contributed by atoms with Gasteiger partial charge in [0.15, 0.2) is 0 Å². The summed E-state index contributed by atoms with van der Waals surface area (Å²) in [6, 6.07) is 23.5. The lowest BCUT2D eigenvalue weighted by atomic mass is 10.1. The highest BCUT2D eigenvalue weighted by molar-refractivity contribution is 7.92. The molecule has 1 aliphatic carbocycles. The summed E-state index contributed by atoms with van der Waals surface area (Å²) in [5.41, 5.74) is 1.39. The Kier molecular flexibility index (Phi) is 10.2. The molecule has 4 rings (SSSR count). The maximum Gasteiger partial charge on any atom is 0.264 e. The van der Waals surface area contributed by atoms with Crippen molar-refractivity contribution < 1.29 is 18.0 Å². The van der Waals surface area contributed by atoms with Gasteiger partial charge in [0, 0.05) is 17.6 Å². The average molecular weight is 582 g/mol. The lowest BCUT2D eigenvalue weighted by Gasteiger charge is -2.33. The van der Waals surface area contributed by atoms with Gasteiger partial charge in [-0.3, -0.25) is 13.9 Å². The van der Waals surface area contributed by atoms with Gasteiger partial charge in [0.05, 0.1) is 10.6 Å². The fourth-order valence-corrected chi connectivity index (χ4v) is 6.66. The summed E-state index contributed by atoms with van der Waals surface area (Å²) in [6.07, 6.45) is 4.96. The number of anilines is 1. The number of benzene rings is 3. The summed E-state index contributed by atoms with van der Waals surface area (Å²) in [6.45, 7) is 1.71. The highest BCUT2D eigenvalue weighted by atomic mass is 35.5. The van der Waals surface area contributed by atoms with E-state index in [1.807, 2.05) is 37.3 Å². The molecule has 1 fully saturated rings. The van der Waals surface area contributed by atoms with Crippen molar-refractivity contribution in [2.45, 2.75) is 62.4 Å². The van der Waals surface area contributed by atoms with E-state index in [1.165, 1.54) is 24.3 Å². The molecule has 1 N–H and O–H groups in total. The van der Waals surface area contributed by atoms with E-state index in [2.05, 4.69) is 5.32 Å². The van der Waals surface area contributed by atoms with Crippen LogP contribution in [0.5, 0.6) is 0 Å². The Labute approximate surface area is 242 Å². The summed E-state index contributed by atoms with van der Waals surface area (Å²) in [5, 5.41) is 3.54. The summed E-state index contributed by atoms with van der Waals surface area (Å²) < 4.78 is 28.7. The minimum absolute atomic E-state index is 0.0235. The van der Waals surface area contributed by atoms with E-state index in [0.717, 1.165) is 35.6 Å². The number of amides is 2. The van der Waals surface area contributed by atoms with E-state index in [9.17, 15) is 18.0 Å². The summed E-state index contributed by atoms with van der Waals surface area (Å²) in [4.78, 5) is 29.1. The fraction of sp³-hybridized carbons (Fsp3) is 0.355. The molecule has 0 aliphatic heterocycles. The van der Waals surface area contributed by atoms with Crippen LogP contribution >= 0.6 is 11.6 Å². The van der Waals surface area contributed by atoms with Crippen LogP contribution in [0.15, 0.2) is 89.8 Å². The van der Waals surface area contributed by atoms with Crippen molar-refractivity contribution in [1.29, 1.82) is 0 Å². The number of carbonyl (C=O) groups excluding carboxylic acids is 2. The minimum Gasteiger partial charge on any atom is -0.352 e. The first-order chi connectivity index (χ1) is 19.3. The second-order valence-electron chi connectivity index (χ2n) is 10.0. The molecule has 1 atom stereocenters. The number of nitrogens with zero attached hydrogens (tertiary/aromatic N) is 2.